The van der Waals surface area contributed by atoms with Crippen molar-refractivity contribution in [2.45, 2.75) is 0 Å². The number of rotatable bonds is 3. The van der Waals surface area contributed by atoms with Crippen molar-refractivity contribution in [3.63, 3.8) is 0 Å². The maximum absolute atomic E-state index is 12.4. The number of hydrogen-bond donors (Lipinski definition) is 2. The lowest BCUT2D eigenvalue weighted by Gasteiger charge is -2.12. The van der Waals surface area contributed by atoms with Crippen LogP contribution in [0.5, 0.6) is 11.5 Å². The Bertz CT molecular complexity index is 828. The fourth-order valence-electron chi connectivity index (χ4n) is 2.39. The largest absolute Gasteiger partial charge is 0.506 e. The van der Waals surface area contributed by atoms with Crippen LogP contribution in [0.2, 0.25) is 0 Å². The van der Waals surface area contributed by atoms with E-state index in [1.807, 2.05) is 30.3 Å². The van der Waals surface area contributed by atoms with Gasteiger partial charge in [0.05, 0.1) is 12.7 Å². The van der Waals surface area contributed by atoms with E-state index in [1.165, 1.54) is 7.11 Å². The van der Waals surface area contributed by atoms with Gasteiger partial charge in [0, 0.05) is 16.5 Å². The first-order valence-electron chi connectivity index (χ1n) is 6.86. The lowest BCUT2D eigenvalue weighted by Crippen LogP contribution is -2.12. The predicted octanol–water partition coefficient (Wildman–Crippen LogP) is 3.81. The topological polar surface area (TPSA) is 58.6 Å². The van der Waals surface area contributed by atoms with E-state index >= 15 is 0 Å². The Morgan fingerprint density at radius 2 is 1.64 bits per heavy atom. The number of ether oxygens (including phenoxy) is 1. The second-order valence-electron chi connectivity index (χ2n) is 4.84. The molecule has 0 fully saturated rings. The van der Waals surface area contributed by atoms with Crippen molar-refractivity contribution in [3.8, 4) is 11.5 Å². The Hall–Kier alpha value is -3.01. The molecule has 0 radical (unpaired) electrons. The summed E-state index contributed by atoms with van der Waals surface area (Å²) in [5, 5.41) is 14.5. The minimum Gasteiger partial charge on any atom is -0.506 e. The quantitative estimate of drug-likeness (QED) is 0.772. The van der Waals surface area contributed by atoms with Crippen LogP contribution in [0.4, 0.5) is 5.69 Å². The van der Waals surface area contributed by atoms with Crippen LogP contribution in [0.25, 0.3) is 10.8 Å². The Kier molecular flexibility index (Phi) is 3.66. The highest BCUT2D eigenvalue weighted by atomic mass is 16.5. The van der Waals surface area contributed by atoms with E-state index < -0.39 is 0 Å². The van der Waals surface area contributed by atoms with Crippen LogP contribution >= 0.6 is 0 Å². The Morgan fingerprint density at radius 3 is 2.32 bits per heavy atom. The van der Waals surface area contributed by atoms with Crippen molar-refractivity contribution >= 4 is 22.4 Å². The van der Waals surface area contributed by atoms with Gasteiger partial charge in [-0.05, 0) is 18.2 Å². The van der Waals surface area contributed by atoms with E-state index in [0.717, 1.165) is 5.39 Å². The van der Waals surface area contributed by atoms with Gasteiger partial charge in [-0.3, -0.25) is 4.79 Å². The summed E-state index contributed by atoms with van der Waals surface area (Å²) in [5.41, 5.74) is 0.846. The summed E-state index contributed by atoms with van der Waals surface area (Å²) in [6.07, 6.45) is 0. The number of nitrogens with one attached hydrogen (secondary N) is 1. The summed E-state index contributed by atoms with van der Waals surface area (Å²) < 4.78 is 5.33. The number of phenols is 1. The standard InChI is InChI=1S/C18H15NO3/c1-22-16-11-15(17(20)14-10-6-5-9-13(14)16)18(21)19-12-7-3-2-4-8-12/h2-11,20H,1H3,(H,19,21). The van der Waals surface area contributed by atoms with Crippen LogP contribution < -0.4 is 10.1 Å². The van der Waals surface area contributed by atoms with E-state index in [-0.39, 0.29) is 17.2 Å². The summed E-state index contributed by atoms with van der Waals surface area (Å²) in [6, 6.07) is 17.9. The van der Waals surface area contributed by atoms with Crippen LogP contribution in [-0.4, -0.2) is 18.1 Å². The van der Waals surface area contributed by atoms with Gasteiger partial charge in [-0.1, -0.05) is 42.5 Å². The number of carbonyl (C=O) groups excluding carboxylic acids is 1. The minimum atomic E-state index is -0.382. The first-order valence-corrected chi connectivity index (χ1v) is 6.86. The molecule has 3 rings (SSSR count). The molecule has 0 aliphatic carbocycles. The molecular formula is C18H15NO3. The van der Waals surface area contributed by atoms with Gasteiger partial charge in [-0.25, -0.2) is 0 Å². The van der Waals surface area contributed by atoms with Crippen molar-refractivity contribution in [2.24, 2.45) is 0 Å². The van der Waals surface area contributed by atoms with Gasteiger partial charge in [-0.15, -0.1) is 0 Å². The number of benzene rings is 3. The molecule has 0 saturated carbocycles. The SMILES string of the molecule is COc1cc(C(=O)Nc2ccccc2)c(O)c2ccccc12. The van der Waals surface area contributed by atoms with Crippen LogP contribution in [0, 0.1) is 0 Å². The smallest absolute Gasteiger partial charge is 0.259 e. The zero-order chi connectivity index (χ0) is 15.5. The molecule has 1 amide bonds. The third kappa shape index (κ3) is 2.46. The summed E-state index contributed by atoms with van der Waals surface area (Å²) in [7, 11) is 1.54. The number of methoxy groups -OCH3 is 1. The first kappa shape index (κ1) is 13.9. The van der Waals surface area contributed by atoms with Crippen LogP contribution in [0.3, 0.4) is 0 Å². The van der Waals surface area contributed by atoms with Crippen molar-refractivity contribution in [2.75, 3.05) is 12.4 Å². The Labute approximate surface area is 128 Å². The third-order valence-corrected chi connectivity index (χ3v) is 3.47. The van der Waals surface area contributed by atoms with Crippen LogP contribution in [-0.2, 0) is 0 Å². The molecule has 22 heavy (non-hydrogen) atoms. The van der Waals surface area contributed by atoms with Crippen molar-refractivity contribution in [1.29, 1.82) is 0 Å². The number of anilines is 1. The molecule has 0 bridgehead atoms. The van der Waals surface area contributed by atoms with Crippen molar-refractivity contribution < 1.29 is 14.6 Å². The van der Waals surface area contributed by atoms with E-state index in [0.29, 0.717) is 16.8 Å². The highest BCUT2D eigenvalue weighted by Gasteiger charge is 2.17. The molecule has 3 aromatic rings. The minimum absolute atomic E-state index is 0.0511. The molecule has 0 aliphatic rings. The average Bonchev–Trinajstić information content (AvgIpc) is 2.56. The zero-order valence-corrected chi connectivity index (χ0v) is 12.0. The fraction of sp³-hybridized carbons (Fsp3) is 0.0556. The molecule has 0 aromatic heterocycles. The first-order chi connectivity index (χ1) is 10.7. The van der Waals surface area contributed by atoms with Gasteiger partial charge >= 0.3 is 0 Å². The number of aromatic hydroxyl groups is 1. The monoisotopic (exact) mass is 293 g/mol. The normalized spacial score (nSPS) is 10.4. The second-order valence-corrected chi connectivity index (χ2v) is 4.84. The van der Waals surface area contributed by atoms with E-state index in [4.69, 9.17) is 4.74 Å². The van der Waals surface area contributed by atoms with Crippen molar-refractivity contribution in [1.82, 2.24) is 0 Å². The lowest BCUT2D eigenvalue weighted by atomic mass is 10.0. The van der Waals surface area contributed by atoms with Gasteiger partial charge in [0.2, 0.25) is 0 Å². The molecule has 3 aromatic carbocycles. The maximum atomic E-state index is 12.4. The van der Waals surface area contributed by atoms with Gasteiger partial charge in [0.1, 0.15) is 11.5 Å². The van der Waals surface area contributed by atoms with Gasteiger partial charge < -0.3 is 15.2 Å². The van der Waals surface area contributed by atoms with Crippen LogP contribution in [0.15, 0.2) is 60.7 Å². The summed E-state index contributed by atoms with van der Waals surface area (Å²) >= 11 is 0. The molecule has 0 unspecified atom stereocenters. The predicted molar refractivity (Wildman–Crippen MR) is 86.6 cm³/mol. The number of para-hydroxylation sites is 1. The summed E-state index contributed by atoms with van der Waals surface area (Å²) in [5.74, 6) is 0.115. The summed E-state index contributed by atoms with van der Waals surface area (Å²) in [6.45, 7) is 0. The van der Waals surface area contributed by atoms with Crippen LogP contribution in [0.1, 0.15) is 10.4 Å². The number of phenolic OH excluding ortho intramolecular Hbond substituents is 1. The Morgan fingerprint density at radius 1 is 1.00 bits per heavy atom. The molecule has 4 nitrogen and oxygen atoms in total. The maximum Gasteiger partial charge on any atom is 0.259 e. The molecule has 2 N–H and O–H groups in total. The zero-order valence-electron chi connectivity index (χ0n) is 12.0. The Balaban J connectivity index is 2.07. The number of fused-ring (bicyclic) bond motifs is 1. The van der Waals surface area contributed by atoms with Gasteiger partial charge in [0.25, 0.3) is 5.91 Å². The molecule has 0 atom stereocenters. The number of hydrogen-bond acceptors (Lipinski definition) is 3. The molecule has 110 valence electrons. The van der Waals surface area contributed by atoms with Gasteiger partial charge in [-0.2, -0.15) is 0 Å². The molecular weight excluding hydrogens is 278 g/mol. The highest BCUT2D eigenvalue weighted by molar-refractivity contribution is 6.11. The van der Waals surface area contributed by atoms with E-state index in [9.17, 15) is 9.90 Å². The highest BCUT2D eigenvalue weighted by Crippen LogP contribution is 2.36. The molecule has 0 heterocycles. The van der Waals surface area contributed by atoms with E-state index in [2.05, 4.69) is 5.32 Å². The molecule has 0 spiro atoms. The summed E-state index contributed by atoms with van der Waals surface area (Å²) in [4.78, 5) is 12.4. The number of amides is 1. The lowest BCUT2D eigenvalue weighted by molar-refractivity contribution is 0.102. The molecule has 0 saturated heterocycles. The molecule has 0 aliphatic heterocycles. The fourth-order valence-corrected chi connectivity index (χ4v) is 2.39. The number of carbonyl (C=O) groups is 1. The average molecular weight is 293 g/mol. The third-order valence-electron chi connectivity index (χ3n) is 3.47. The van der Waals surface area contributed by atoms with Crippen molar-refractivity contribution in [3.05, 3.63) is 66.2 Å². The van der Waals surface area contributed by atoms with E-state index in [1.54, 1.807) is 30.3 Å². The van der Waals surface area contributed by atoms with Gasteiger partial charge in [0.15, 0.2) is 0 Å². The molecule has 4 heteroatoms. The second kappa shape index (κ2) is 5.77.